The van der Waals surface area contributed by atoms with Crippen molar-refractivity contribution in [2.45, 2.75) is 110 Å². The second-order valence-corrected chi connectivity index (χ2v) is 12.9. The van der Waals surface area contributed by atoms with Gasteiger partial charge in [-0.25, -0.2) is 4.79 Å². The number of Topliss-reactive ketones (excluding diaryl/α,β-unsaturated/α-hetero) is 1. The van der Waals surface area contributed by atoms with Crippen LogP contribution < -0.4 is 0 Å². The van der Waals surface area contributed by atoms with E-state index >= 15 is 0 Å². The van der Waals surface area contributed by atoms with Crippen LogP contribution in [-0.4, -0.2) is 58.4 Å². The molecule has 1 amide bonds. The molecular weight excluding hydrogens is 406 g/mol. The van der Waals surface area contributed by atoms with Crippen LogP contribution in [0.3, 0.4) is 0 Å². The van der Waals surface area contributed by atoms with Gasteiger partial charge >= 0.3 is 6.09 Å². The molecule has 7 atom stereocenters. The second-order valence-electron chi connectivity index (χ2n) is 12.9. The van der Waals surface area contributed by atoms with Crippen LogP contribution in [0.5, 0.6) is 0 Å². The number of rotatable bonds is 4. The van der Waals surface area contributed by atoms with E-state index in [0.29, 0.717) is 11.8 Å². The number of hydrogen-bond donors (Lipinski definition) is 1. The van der Waals surface area contributed by atoms with Gasteiger partial charge in [-0.2, -0.15) is 0 Å². The fourth-order valence-electron chi connectivity index (χ4n) is 8.19. The largest absolute Gasteiger partial charge is 0.444 e. The van der Waals surface area contributed by atoms with Crippen LogP contribution in [0.25, 0.3) is 0 Å². The van der Waals surface area contributed by atoms with Crippen molar-refractivity contribution in [3.8, 4) is 0 Å². The molecule has 32 heavy (non-hydrogen) atoms. The van der Waals surface area contributed by atoms with Crippen molar-refractivity contribution in [1.29, 1.82) is 0 Å². The Morgan fingerprint density at radius 1 is 1.16 bits per heavy atom. The molecule has 4 rings (SSSR count). The van der Waals surface area contributed by atoms with Crippen molar-refractivity contribution >= 4 is 11.9 Å². The molecule has 0 aromatic carbocycles. The molecule has 0 aromatic rings. The molecule has 6 nitrogen and oxygen atoms in total. The maximum Gasteiger partial charge on any atom is 0.410 e. The highest BCUT2D eigenvalue weighted by Crippen LogP contribution is 2.78. The van der Waals surface area contributed by atoms with Gasteiger partial charge in [0.1, 0.15) is 12.2 Å². The SMILES string of the molecule is CC(C)[C@@H]1CCC2C(N(C)C(=O)OC(C)(C)C)(CC[C@]3(C)C4(C(=O)CO)OC4C[C@@]23C)C1. The highest BCUT2D eigenvalue weighted by atomic mass is 16.6. The predicted molar refractivity (Wildman–Crippen MR) is 122 cm³/mol. The lowest BCUT2D eigenvalue weighted by molar-refractivity contribution is -0.181. The van der Waals surface area contributed by atoms with E-state index in [1.54, 1.807) is 0 Å². The van der Waals surface area contributed by atoms with E-state index in [1.807, 2.05) is 32.7 Å². The smallest absolute Gasteiger partial charge is 0.410 e. The van der Waals surface area contributed by atoms with Gasteiger partial charge in [0.15, 0.2) is 11.4 Å². The number of epoxide rings is 1. The lowest BCUT2D eigenvalue weighted by Crippen LogP contribution is -2.69. The molecule has 1 heterocycles. The monoisotopic (exact) mass is 449 g/mol. The molecule has 3 saturated carbocycles. The van der Waals surface area contributed by atoms with Gasteiger partial charge in [-0.3, -0.25) is 4.79 Å². The zero-order valence-electron chi connectivity index (χ0n) is 21.3. The third kappa shape index (κ3) is 2.97. The number of ketones is 1. The average Bonchev–Trinajstić information content (AvgIpc) is 3.38. The molecule has 182 valence electrons. The molecule has 1 saturated heterocycles. The number of nitrogens with zero attached hydrogens (tertiary/aromatic N) is 1. The molecule has 0 aromatic heterocycles. The Morgan fingerprint density at radius 2 is 1.81 bits per heavy atom. The predicted octanol–water partition coefficient (Wildman–Crippen LogP) is 4.57. The van der Waals surface area contributed by atoms with Crippen molar-refractivity contribution in [1.82, 2.24) is 4.90 Å². The maximum atomic E-state index is 13.3. The molecule has 4 aliphatic rings. The highest BCUT2D eigenvalue weighted by molar-refractivity contribution is 5.93. The normalized spacial score (nSPS) is 45.0. The molecular formula is C26H43NO5. The number of aliphatic hydroxyl groups is 1. The van der Waals surface area contributed by atoms with Crippen LogP contribution in [0, 0.1) is 28.6 Å². The van der Waals surface area contributed by atoms with Crippen molar-refractivity contribution in [3.63, 3.8) is 0 Å². The molecule has 1 N–H and O–H groups in total. The fraction of sp³-hybridized carbons (Fsp3) is 0.923. The summed E-state index contributed by atoms with van der Waals surface area (Å²) in [5.41, 5.74) is -2.15. The summed E-state index contributed by atoms with van der Waals surface area (Å²) < 4.78 is 11.9. The summed E-state index contributed by atoms with van der Waals surface area (Å²) in [6, 6.07) is 0. The second kappa shape index (κ2) is 7.18. The van der Waals surface area contributed by atoms with Crippen molar-refractivity contribution in [2.24, 2.45) is 28.6 Å². The molecule has 6 heteroatoms. The van der Waals surface area contributed by atoms with E-state index < -0.39 is 17.8 Å². The zero-order valence-corrected chi connectivity index (χ0v) is 21.3. The van der Waals surface area contributed by atoms with E-state index in [4.69, 9.17) is 9.47 Å². The Hall–Kier alpha value is -1.14. The van der Waals surface area contributed by atoms with E-state index in [-0.39, 0.29) is 40.3 Å². The zero-order chi connectivity index (χ0) is 23.9. The number of carbonyl (C=O) groups excluding carboxylic acids is 2. The van der Waals surface area contributed by atoms with E-state index in [0.717, 1.165) is 38.5 Å². The molecule has 0 spiro atoms. The topological polar surface area (TPSA) is 79.4 Å². The van der Waals surface area contributed by atoms with Gasteiger partial charge in [-0.15, -0.1) is 0 Å². The Bertz CT molecular complexity index is 805. The standard InChI is InChI=1S/C26H43NO5/c1-16(2)17-9-10-18-23(6)14-20-26(31-20,19(29)15-28)24(23,7)11-12-25(18,13-17)27(8)21(30)32-22(3,4)5/h16-18,20,28H,9-15H2,1-8H3/t17-,18?,20?,23+,24+,25?,26?/m1/s1. The number of amides is 1. The molecule has 4 fully saturated rings. The molecule has 1 aliphatic heterocycles. The first kappa shape index (κ1) is 24.0. The Kier molecular flexibility index (Phi) is 5.38. The van der Waals surface area contributed by atoms with Gasteiger partial charge in [0.25, 0.3) is 0 Å². The van der Waals surface area contributed by atoms with Crippen molar-refractivity contribution < 1.29 is 24.2 Å². The number of carbonyl (C=O) groups is 2. The van der Waals surface area contributed by atoms with Crippen LogP contribution >= 0.6 is 0 Å². The van der Waals surface area contributed by atoms with Gasteiger partial charge in [0, 0.05) is 18.0 Å². The van der Waals surface area contributed by atoms with E-state index in [1.165, 1.54) is 0 Å². The van der Waals surface area contributed by atoms with Gasteiger partial charge < -0.3 is 19.5 Å². The number of ether oxygens (including phenoxy) is 2. The first-order valence-electron chi connectivity index (χ1n) is 12.5. The number of aliphatic hydroxyl groups excluding tert-OH is 1. The maximum absolute atomic E-state index is 13.3. The molecule has 0 bridgehead atoms. The minimum atomic E-state index is -0.845. The highest BCUT2D eigenvalue weighted by Gasteiger charge is 2.84. The van der Waals surface area contributed by atoms with Crippen LogP contribution in [-0.2, 0) is 14.3 Å². The third-order valence-corrected chi connectivity index (χ3v) is 10.2. The Balaban J connectivity index is 1.75. The van der Waals surface area contributed by atoms with Crippen LogP contribution in [0.15, 0.2) is 0 Å². The summed E-state index contributed by atoms with van der Waals surface area (Å²) in [7, 11) is 1.93. The number of fused-ring (bicyclic) bond motifs is 5. The quantitative estimate of drug-likeness (QED) is 0.636. The summed E-state index contributed by atoms with van der Waals surface area (Å²) in [6.07, 6.45) is 5.25. The minimum absolute atomic E-state index is 0.109. The fourth-order valence-corrected chi connectivity index (χ4v) is 8.19. The van der Waals surface area contributed by atoms with Crippen molar-refractivity contribution in [3.05, 3.63) is 0 Å². The van der Waals surface area contributed by atoms with Gasteiger partial charge in [-0.1, -0.05) is 27.7 Å². The van der Waals surface area contributed by atoms with Gasteiger partial charge in [0.2, 0.25) is 0 Å². The average molecular weight is 450 g/mol. The summed E-state index contributed by atoms with van der Waals surface area (Å²) in [6.45, 7) is 14.4. The molecule has 3 aliphatic carbocycles. The lowest BCUT2D eigenvalue weighted by atomic mass is 9.43. The summed E-state index contributed by atoms with van der Waals surface area (Å²) in [5.74, 6) is 1.21. The summed E-state index contributed by atoms with van der Waals surface area (Å²) in [5, 5.41) is 9.72. The first-order valence-corrected chi connectivity index (χ1v) is 12.5. The van der Waals surface area contributed by atoms with Crippen molar-refractivity contribution in [2.75, 3.05) is 13.7 Å². The van der Waals surface area contributed by atoms with E-state index in [9.17, 15) is 14.7 Å². The molecule has 0 radical (unpaired) electrons. The van der Waals surface area contributed by atoms with Crippen LogP contribution in [0.2, 0.25) is 0 Å². The van der Waals surface area contributed by atoms with Crippen LogP contribution in [0.4, 0.5) is 4.79 Å². The lowest BCUT2D eigenvalue weighted by Gasteiger charge is -2.66. The Labute approximate surface area is 193 Å². The minimum Gasteiger partial charge on any atom is -0.444 e. The summed E-state index contributed by atoms with van der Waals surface area (Å²) in [4.78, 5) is 28.2. The number of hydrogen-bond acceptors (Lipinski definition) is 5. The molecule has 4 unspecified atom stereocenters. The van der Waals surface area contributed by atoms with E-state index in [2.05, 4.69) is 27.7 Å². The van der Waals surface area contributed by atoms with Gasteiger partial charge in [0.05, 0.1) is 6.10 Å². The Morgan fingerprint density at radius 3 is 2.38 bits per heavy atom. The first-order chi connectivity index (χ1) is 14.7. The third-order valence-electron chi connectivity index (χ3n) is 10.2. The van der Waals surface area contributed by atoms with Gasteiger partial charge in [-0.05, 0) is 82.5 Å². The van der Waals surface area contributed by atoms with Crippen LogP contribution in [0.1, 0.15) is 87.0 Å². The summed E-state index contributed by atoms with van der Waals surface area (Å²) >= 11 is 0.